The van der Waals surface area contributed by atoms with Crippen LogP contribution in [0.15, 0.2) is 60.8 Å². The topological polar surface area (TPSA) is 69.6 Å². The zero-order valence-corrected chi connectivity index (χ0v) is 38.1. The van der Waals surface area contributed by atoms with Crippen molar-refractivity contribution < 1.29 is 15.0 Å². The van der Waals surface area contributed by atoms with Crippen LogP contribution in [-0.2, 0) is 4.79 Å². The van der Waals surface area contributed by atoms with Gasteiger partial charge < -0.3 is 15.5 Å². The van der Waals surface area contributed by atoms with Gasteiger partial charge in [-0.15, -0.1) is 0 Å². The largest absolute Gasteiger partial charge is 0.394 e. The van der Waals surface area contributed by atoms with Crippen molar-refractivity contribution in [1.29, 1.82) is 0 Å². The molecule has 57 heavy (non-hydrogen) atoms. The number of carbonyl (C=O) groups excluding carboxylic acids is 1. The number of aliphatic hydroxyl groups is 2. The second-order valence-corrected chi connectivity index (χ2v) is 16.9. The van der Waals surface area contributed by atoms with E-state index in [1.165, 1.54) is 186 Å². The Morgan fingerprint density at radius 3 is 1.12 bits per heavy atom. The van der Waals surface area contributed by atoms with Crippen molar-refractivity contribution >= 4 is 5.91 Å². The molecule has 0 aromatic carbocycles. The fourth-order valence-electron chi connectivity index (χ4n) is 7.36. The van der Waals surface area contributed by atoms with Gasteiger partial charge in [-0.1, -0.05) is 229 Å². The molecule has 0 aliphatic heterocycles. The molecular formula is C53H97NO3. The predicted molar refractivity (Wildman–Crippen MR) is 253 cm³/mol. The maximum absolute atomic E-state index is 12.4. The van der Waals surface area contributed by atoms with E-state index in [9.17, 15) is 15.0 Å². The van der Waals surface area contributed by atoms with Crippen molar-refractivity contribution in [1.82, 2.24) is 5.32 Å². The normalized spacial score (nSPS) is 13.4. The second-order valence-electron chi connectivity index (χ2n) is 16.9. The van der Waals surface area contributed by atoms with Crippen molar-refractivity contribution in [2.75, 3.05) is 6.61 Å². The lowest BCUT2D eigenvalue weighted by Crippen LogP contribution is -2.45. The molecule has 3 N–H and O–H groups in total. The van der Waals surface area contributed by atoms with Crippen molar-refractivity contribution in [3.8, 4) is 0 Å². The molecule has 0 bridgehead atoms. The summed E-state index contributed by atoms with van der Waals surface area (Å²) in [4.78, 5) is 12.4. The molecule has 0 heterocycles. The molecule has 4 heteroatoms. The predicted octanol–water partition coefficient (Wildman–Crippen LogP) is 16.1. The lowest BCUT2D eigenvalue weighted by atomic mass is 10.0. The van der Waals surface area contributed by atoms with E-state index < -0.39 is 12.1 Å². The minimum Gasteiger partial charge on any atom is -0.394 e. The van der Waals surface area contributed by atoms with Crippen LogP contribution >= 0.6 is 0 Å². The standard InChI is InChI=1S/C53H97NO3/c1-3-5-7-9-11-13-15-17-19-21-23-24-25-26-27-28-29-30-31-33-35-37-39-41-43-45-47-49-53(57)54-51(50-55)52(56)48-46-44-42-40-38-36-34-32-22-20-18-16-14-12-10-8-6-4-2/h22-24,26-27,32,38,40,46,48,51-52,55-56H,3-21,25,28-31,33-37,39,41-45,47,49-50H2,1-2H3,(H,54,57)/b24-23-,27-26-,32-22+,40-38+,48-46+. The molecule has 0 saturated carbocycles. The van der Waals surface area contributed by atoms with E-state index in [0.717, 1.165) is 44.9 Å². The molecule has 0 saturated heterocycles. The Bertz CT molecular complexity index is 950. The quantitative estimate of drug-likeness (QED) is 0.0425. The maximum atomic E-state index is 12.4. The molecule has 4 nitrogen and oxygen atoms in total. The molecule has 0 aromatic heterocycles. The SMILES string of the molecule is CCCCCCCCCC/C=C/CC/C=C/CC/C=C/C(O)C(CO)NC(=O)CCCCCCCCCCCCC/C=C\C/C=C\CCCCCCCCCCC. The number of rotatable bonds is 45. The van der Waals surface area contributed by atoms with Gasteiger partial charge in [0.25, 0.3) is 0 Å². The number of nitrogens with one attached hydrogen (secondary N) is 1. The van der Waals surface area contributed by atoms with Gasteiger partial charge in [-0.2, -0.15) is 0 Å². The van der Waals surface area contributed by atoms with Gasteiger partial charge >= 0.3 is 0 Å². The zero-order valence-electron chi connectivity index (χ0n) is 38.1. The Hall–Kier alpha value is -1.91. The summed E-state index contributed by atoms with van der Waals surface area (Å²) in [7, 11) is 0. The van der Waals surface area contributed by atoms with E-state index >= 15 is 0 Å². The summed E-state index contributed by atoms with van der Waals surface area (Å²) in [6.07, 6.45) is 67.8. The monoisotopic (exact) mass is 796 g/mol. The molecule has 0 radical (unpaired) electrons. The molecular weight excluding hydrogens is 699 g/mol. The second kappa shape index (κ2) is 48.5. The molecule has 0 aliphatic rings. The van der Waals surface area contributed by atoms with E-state index in [2.05, 4.69) is 67.8 Å². The Morgan fingerprint density at radius 1 is 0.421 bits per heavy atom. The van der Waals surface area contributed by atoms with E-state index in [4.69, 9.17) is 0 Å². The number of hydrogen-bond donors (Lipinski definition) is 3. The summed E-state index contributed by atoms with van der Waals surface area (Å²) < 4.78 is 0. The van der Waals surface area contributed by atoms with Crippen molar-refractivity contribution in [3.05, 3.63) is 60.8 Å². The smallest absolute Gasteiger partial charge is 0.220 e. The Balaban J connectivity index is 3.59. The van der Waals surface area contributed by atoms with Gasteiger partial charge in [0.05, 0.1) is 18.8 Å². The van der Waals surface area contributed by atoms with Gasteiger partial charge in [0.1, 0.15) is 0 Å². The first-order chi connectivity index (χ1) is 28.2. The third-order valence-electron chi connectivity index (χ3n) is 11.2. The lowest BCUT2D eigenvalue weighted by molar-refractivity contribution is -0.123. The van der Waals surface area contributed by atoms with Gasteiger partial charge in [-0.3, -0.25) is 4.79 Å². The van der Waals surface area contributed by atoms with Crippen LogP contribution in [0.4, 0.5) is 0 Å². The maximum Gasteiger partial charge on any atom is 0.220 e. The van der Waals surface area contributed by atoms with E-state index in [1.807, 2.05) is 6.08 Å². The molecule has 332 valence electrons. The lowest BCUT2D eigenvalue weighted by Gasteiger charge is -2.19. The van der Waals surface area contributed by atoms with Crippen LogP contribution in [0.1, 0.15) is 251 Å². The first-order valence-electron chi connectivity index (χ1n) is 25.0. The molecule has 0 rings (SSSR count). The van der Waals surface area contributed by atoms with Crippen LogP contribution in [-0.4, -0.2) is 34.9 Å². The van der Waals surface area contributed by atoms with Crippen LogP contribution in [0, 0.1) is 0 Å². The number of amides is 1. The summed E-state index contributed by atoms with van der Waals surface area (Å²) in [6, 6.07) is -0.648. The highest BCUT2D eigenvalue weighted by molar-refractivity contribution is 5.76. The molecule has 0 aromatic rings. The Morgan fingerprint density at radius 2 is 0.737 bits per heavy atom. The fraction of sp³-hybridized carbons (Fsp3) is 0.792. The van der Waals surface area contributed by atoms with E-state index in [1.54, 1.807) is 6.08 Å². The van der Waals surface area contributed by atoms with Crippen molar-refractivity contribution in [2.24, 2.45) is 0 Å². The third kappa shape index (κ3) is 45.0. The Kier molecular flexibility index (Phi) is 46.8. The van der Waals surface area contributed by atoms with Crippen LogP contribution < -0.4 is 5.32 Å². The molecule has 0 aliphatic carbocycles. The molecule has 0 spiro atoms. The molecule has 2 unspecified atom stereocenters. The summed E-state index contributed by atoms with van der Waals surface area (Å²) in [6.45, 7) is 4.30. The highest BCUT2D eigenvalue weighted by Gasteiger charge is 2.17. The van der Waals surface area contributed by atoms with Gasteiger partial charge in [0.15, 0.2) is 0 Å². The molecule has 0 fully saturated rings. The highest BCUT2D eigenvalue weighted by Crippen LogP contribution is 2.14. The van der Waals surface area contributed by atoms with Gasteiger partial charge in [-0.25, -0.2) is 0 Å². The molecule has 2 atom stereocenters. The third-order valence-corrected chi connectivity index (χ3v) is 11.2. The number of allylic oxidation sites excluding steroid dienone is 9. The number of aliphatic hydroxyl groups excluding tert-OH is 2. The summed E-state index contributed by atoms with van der Waals surface area (Å²) >= 11 is 0. The fourth-order valence-corrected chi connectivity index (χ4v) is 7.36. The van der Waals surface area contributed by atoms with Crippen LogP contribution in [0.2, 0.25) is 0 Å². The number of carbonyl (C=O) groups is 1. The number of hydrogen-bond acceptors (Lipinski definition) is 3. The first kappa shape index (κ1) is 55.1. The molecule has 1 amide bonds. The van der Waals surface area contributed by atoms with Crippen LogP contribution in [0.25, 0.3) is 0 Å². The summed E-state index contributed by atoms with van der Waals surface area (Å²) in [5, 5.41) is 23.0. The first-order valence-corrected chi connectivity index (χ1v) is 25.0. The van der Waals surface area contributed by atoms with Crippen molar-refractivity contribution in [2.45, 2.75) is 264 Å². The zero-order chi connectivity index (χ0) is 41.4. The van der Waals surface area contributed by atoms with Gasteiger partial charge in [0, 0.05) is 6.42 Å². The Labute approximate surface area is 356 Å². The van der Waals surface area contributed by atoms with E-state index in [0.29, 0.717) is 6.42 Å². The van der Waals surface area contributed by atoms with Crippen molar-refractivity contribution in [3.63, 3.8) is 0 Å². The highest BCUT2D eigenvalue weighted by atomic mass is 16.3. The minimum atomic E-state index is -0.873. The number of unbranched alkanes of at least 4 members (excludes halogenated alkanes) is 30. The average molecular weight is 796 g/mol. The van der Waals surface area contributed by atoms with E-state index in [-0.39, 0.29) is 12.5 Å². The van der Waals surface area contributed by atoms with Gasteiger partial charge in [0.2, 0.25) is 5.91 Å². The van der Waals surface area contributed by atoms with Gasteiger partial charge in [-0.05, 0) is 77.0 Å². The minimum absolute atomic E-state index is 0.0804. The van der Waals surface area contributed by atoms with Crippen LogP contribution in [0.5, 0.6) is 0 Å². The average Bonchev–Trinajstić information content (AvgIpc) is 3.22. The summed E-state index contributed by atoms with van der Waals surface area (Å²) in [5.41, 5.74) is 0. The van der Waals surface area contributed by atoms with Crippen LogP contribution in [0.3, 0.4) is 0 Å². The summed E-state index contributed by atoms with van der Waals surface area (Å²) in [5.74, 6) is -0.0804.